The molecule has 0 bridgehead atoms. The summed E-state index contributed by atoms with van der Waals surface area (Å²) in [4.78, 5) is 0. The summed E-state index contributed by atoms with van der Waals surface area (Å²) in [6.07, 6.45) is 0. The molecule has 0 unspecified atom stereocenters. The topological polar surface area (TPSA) is 190 Å². The van der Waals surface area contributed by atoms with Gasteiger partial charge in [0.05, 0.1) is 0 Å². The maximum absolute atomic E-state index is 8.58. The molecule has 0 amide bonds. The van der Waals surface area contributed by atoms with E-state index in [1.165, 1.54) is 0 Å². The molecule has 0 aromatic carbocycles. The number of hydrogen-bond donors (Lipinski definition) is 0. The van der Waals surface area contributed by atoms with E-state index >= 15 is 0 Å². The maximum atomic E-state index is 8.58. The van der Waals surface area contributed by atoms with Gasteiger partial charge in [0.25, 0.3) is 0 Å². The second kappa shape index (κ2) is 24.7. The van der Waals surface area contributed by atoms with Gasteiger partial charge in [0.15, 0.2) is 0 Å². The fourth-order valence-corrected chi connectivity index (χ4v) is 0. The molecule has 14 heteroatoms. The van der Waals surface area contributed by atoms with Gasteiger partial charge in [-0.2, -0.15) is 0 Å². The minimum atomic E-state index is -4.08. The van der Waals surface area contributed by atoms with E-state index in [-0.39, 0.29) is 83.5 Å². The molecule has 0 aliphatic carbocycles. The summed E-state index contributed by atoms with van der Waals surface area (Å²) in [5.74, 6) is 0. The van der Waals surface area contributed by atoms with Crippen molar-refractivity contribution in [2.75, 3.05) is 0 Å². The summed E-state index contributed by atoms with van der Waals surface area (Å²) >= 11 is -12.2. The first-order valence-electron chi connectivity index (χ1n) is 1.84. The molecule has 0 saturated carbocycles. The van der Waals surface area contributed by atoms with Crippen molar-refractivity contribution in [1.29, 1.82) is 0 Å². The van der Waals surface area contributed by atoms with E-state index in [2.05, 4.69) is 0 Å². The van der Waals surface area contributed by atoms with E-state index in [9.17, 15) is 0 Å². The fraction of sp³-hybridized carbons (Fsp3) is 0. The molecule has 9 nitrogen and oxygen atoms in total. The molecule has 0 fully saturated rings. The van der Waals surface area contributed by atoms with Crippen LogP contribution in [-0.2, 0) is 11.3 Å². The summed E-state index contributed by atoms with van der Waals surface area (Å²) in [7, 11) is 0. The van der Waals surface area contributed by atoms with Crippen LogP contribution in [0.15, 0.2) is 0 Å². The molecule has 0 N–H and O–H groups in total. The van der Waals surface area contributed by atoms with E-state index < -0.39 is 44.9 Å². The second-order valence-electron chi connectivity index (χ2n) is 0.750. The molecule has 0 saturated heterocycles. The first kappa shape index (κ1) is 30.0. The van der Waals surface area contributed by atoms with Crippen LogP contribution >= 0.6 is 0 Å². The molecule has 0 heterocycles. The fourth-order valence-electron chi connectivity index (χ4n) is 0. The van der Waals surface area contributed by atoms with Gasteiger partial charge < -0.3 is 0 Å². The first-order valence-corrected chi connectivity index (χ1v) is 9.55. The predicted octanol–water partition coefficient (Wildman–Crippen LogP) is -8.63. The van der Waals surface area contributed by atoms with Crippen molar-refractivity contribution in [3.05, 3.63) is 0 Å². The average Bonchev–Trinajstić information content (AvgIpc) is 1.54. The van der Waals surface area contributed by atoms with Crippen LogP contribution in [0, 0.1) is 83.5 Å². The van der Waals surface area contributed by atoms with Crippen molar-refractivity contribution in [2.45, 2.75) is 0 Å². The zero-order valence-electron chi connectivity index (χ0n) is 6.17. The van der Waals surface area contributed by atoms with Gasteiger partial charge in [-0.1, -0.05) is 0 Å². The Hall–Kier alpha value is 2.58. The van der Waals surface area contributed by atoms with Gasteiger partial charge in [0.1, 0.15) is 0 Å². The Balaban J connectivity index is -0.0000000270. The van der Waals surface area contributed by atoms with E-state index in [4.69, 9.17) is 36.1 Å². The Bertz CT molecular complexity index is 116. The Morgan fingerprint density at radius 1 is 0.500 bits per heavy atom. The second-order valence-corrected chi connectivity index (χ2v) is 3.90. The Kier molecular flexibility index (Phi) is 53.0. The molecular formula is Ce2Ge3O9. The molecule has 2 radical (unpaired) electrons. The zero-order valence-corrected chi connectivity index (χ0v) is 18.7. The van der Waals surface area contributed by atoms with Crippen molar-refractivity contribution in [2.24, 2.45) is 0 Å². The van der Waals surface area contributed by atoms with Gasteiger partial charge in [-0.25, -0.2) is 0 Å². The predicted molar refractivity (Wildman–Crippen MR) is 19.3 cm³/mol. The van der Waals surface area contributed by atoms with Gasteiger partial charge in [-0.05, 0) is 0 Å². The van der Waals surface area contributed by atoms with Gasteiger partial charge in [-0.15, -0.1) is 0 Å². The summed E-state index contributed by atoms with van der Waals surface area (Å²) in [6.45, 7) is 0. The van der Waals surface area contributed by atoms with Crippen LogP contribution in [-0.4, -0.2) is 44.9 Å². The summed E-state index contributed by atoms with van der Waals surface area (Å²) in [6, 6.07) is 0. The molecule has 0 spiro atoms. The van der Waals surface area contributed by atoms with Gasteiger partial charge in [-0.3, -0.25) is 0 Å². The van der Waals surface area contributed by atoms with Crippen molar-refractivity contribution in [3.8, 4) is 0 Å². The van der Waals surface area contributed by atoms with Crippen LogP contribution in [0.5, 0.6) is 0 Å². The Labute approximate surface area is 161 Å². The van der Waals surface area contributed by atoms with Gasteiger partial charge >= 0.3 is 165 Å². The van der Waals surface area contributed by atoms with Crippen LogP contribution in [0.25, 0.3) is 0 Å². The van der Waals surface area contributed by atoms with E-state index in [1.807, 2.05) is 0 Å². The van der Waals surface area contributed by atoms with Crippen molar-refractivity contribution >= 4 is 44.9 Å². The molecule has 0 aromatic heterocycles. The third kappa shape index (κ3) is 404. The first-order chi connectivity index (χ1) is 5.20. The van der Waals surface area contributed by atoms with Crippen molar-refractivity contribution < 1.29 is 120 Å². The van der Waals surface area contributed by atoms with E-state index in [1.54, 1.807) is 0 Å². The molecule has 0 aromatic rings. The normalized spacial score (nSPS) is 5.14. The van der Waals surface area contributed by atoms with Crippen molar-refractivity contribution in [3.63, 3.8) is 0 Å². The summed E-state index contributed by atoms with van der Waals surface area (Å²) in [5, 5.41) is 0. The molecule has 14 heavy (non-hydrogen) atoms. The Morgan fingerprint density at radius 2 is 0.500 bits per heavy atom. The molecule has 74 valence electrons. The molecule has 0 aliphatic rings. The number of rotatable bonds is 0. The van der Waals surface area contributed by atoms with E-state index in [0.29, 0.717) is 0 Å². The van der Waals surface area contributed by atoms with Crippen LogP contribution in [0.2, 0.25) is 0 Å². The standard InChI is InChI=1S/2Ce.3GeO3/c;;3*2-1(3)4/q2*+3;3*-2. The molecule has 0 atom stereocenters. The average molecular weight is 642 g/mol. The zero-order chi connectivity index (χ0) is 10.7. The molecule has 0 aliphatic heterocycles. The summed E-state index contributed by atoms with van der Waals surface area (Å²) in [5.41, 5.74) is 0. The third-order valence-corrected chi connectivity index (χ3v) is 0. The van der Waals surface area contributed by atoms with Crippen LogP contribution in [0.1, 0.15) is 0 Å². The minimum absolute atomic E-state index is 0. The van der Waals surface area contributed by atoms with Crippen LogP contribution < -0.4 is 24.8 Å². The van der Waals surface area contributed by atoms with Crippen LogP contribution in [0.3, 0.4) is 0 Å². The number of hydrogen-bond acceptors (Lipinski definition) is 9. The summed E-state index contributed by atoms with van der Waals surface area (Å²) < 4.78 is 77.2. The van der Waals surface area contributed by atoms with Crippen molar-refractivity contribution in [1.82, 2.24) is 0 Å². The molecular weight excluding hydrogens is 642 g/mol. The quantitative estimate of drug-likeness (QED) is 0.231. The van der Waals surface area contributed by atoms with E-state index in [0.717, 1.165) is 0 Å². The Morgan fingerprint density at radius 3 is 0.500 bits per heavy atom. The monoisotopic (exact) mass is 646 g/mol. The third-order valence-electron chi connectivity index (χ3n) is 0. The van der Waals surface area contributed by atoms with Crippen LogP contribution in [0.4, 0.5) is 0 Å². The van der Waals surface area contributed by atoms with Gasteiger partial charge in [0.2, 0.25) is 0 Å². The SMILES string of the molecule is [Ce+3].[Ce+3].[O]=[Ge]([O-])[O-].[O]=[Ge]([O-])[O-].[O]=[Ge]([O-])[O-]. The molecule has 0 rings (SSSR count). The van der Waals surface area contributed by atoms with Gasteiger partial charge in [0, 0.05) is 0 Å².